The largest absolute Gasteiger partial charge is 0.335 e. The quantitative estimate of drug-likeness (QED) is 0.791. The number of aryl methyl sites for hydroxylation is 1. The van der Waals surface area contributed by atoms with Crippen LogP contribution >= 0.6 is 11.3 Å². The van der Waals surface area contributed by atoms with Crippen molar-refractivity contribution in [3.05, 3.63) is 57.3 Å². The van der Waals surface area contributed by atoms with Crippen LogP contribution in [0.15, 0.2) is 35.7 Å². The van der Waals surface area contributed by atoms with Gasteiger partial charge in [-0.15, -0.1) is 11.3 Å². The Kier molecular flexibility index (Phi) is 4.62. The number of likely N-dealkylation sites (tertiary alicyclic amines) is 1. The molecule has 1 atom stereocenters. The van der Waals surface area contributed by atoms with Gasteiger partial charge in [0.25, 0.3) is 0 Å². The van der Waals surface area contributed by atoms with Gasteiger partial charge in [0, 0.05) is 6.54 Å². The molecular weight excluding hydrogens is 306 g/mol. The van der Waals surface area contributed by atoms with E-state index in [-0.39, 0.29) is 17.7 Å². The van der Waals surface area contributed by atoms with Gasteiger partial charge in [-0.2, -0.15) is 0 Å². The Morgan fingerprint density at radius 3 is 2.78 bits per heavy atom. The molecule has 1 saturated heterocycles. The topological polar surface area (TPSA) is 37.4 Å². The fourth-order valence-corrected chi connectivity index (χ4v) is 4.09. The van der Waals surface area contributed by atoms with Crippen LogP contribution in [0.3, 0.4) is 0 Å². The average molecular weight is 327 g/mol. The molecule has 23 heavy (non-hydrogen) atoms. The lowest BCUT2D eigenvalue weighted by atomic mass is 9.99. The van der Waals surface area contributed by atoms with Gasteiger partial charge in [-0.05, 0) is 54.8 Å². The Balaban J connectivity index is 1.75. The van der Waals surface area contributed by atoms with Crippen LogP contribution < -0.4 is 0 Å². The number of benzene rings is 1. The molecule has 3 rings (SSSR count). The van der Waals surface area contributed by atoms with Crippen molar-refractivity contribution in [3.8, 4) is 0 Å². The number of nitrogens with zero attached hydrogens (tertiary/aromatic N) is 1. The molecule has 0 N–H and O–H groups in total. The van der Waals surface area contributed by atoms with Crippen LogP contribution in [-0.4, -0.2) is 23.1 Å². The number of rotatable bonds is 4. The normalized spacial score (nSPS) is 17.5. The van der Waals surface area contributed by atoms with E-state index in [9.17, 15) is 9.59 Å². The van der Waals surface area contributed by atoms with Crippen molar-refractivity contribution in [2.45, 2.75) is 39.2 Å². The Labute approximate surface area is 140 Å². The molecule has 0 radical (unpaired) electrons. The van der Waals surface area contributed by atoms with Crippen LogP contribution in [-0.2, 0) is 11.2 Å². The van der Waals surface area contributed by atoms with Gasteiger partial charge in [-0.25, -0.2) is 0 Å². The maximum absolute atomic E-state index is 12.7. The van der Waals surface area contributed by atoms with Crippen LogP contribution in [0.5, 0.6) is 0 Å². The maximum atomic E-state index is 12.7. The van der Waals surface area contributed by atoms with E-state index in [1.54, 1.807) is 6.92 Å². The molecule has 1 aliphatic heterocycles. The number of carbonyl (C=O) groups is 2. The fourth-order valence-electron chi connectivity index (χ4n) is 3.28. The number of ketones is 1. The molecule has 1 amide bonds. The summed E-state index contributed by atoms with van der Waals surface area (Å²) < 4.78 is 0. The van der Waals surface area contributed by atoms with E-state index in [2.05, 4.69) is 19.1 Å². The SMILES string of the molecule is CC(=O)c1cc(CC(=O)N2CCC[C@H]2c2ccccc2C)cs1. The molecule has 3 nitrogen and oxygen atoms in total. The van der Waals surface area contributed by atoms with Gasteiger partial charge < -0.3 is 4.90 Å². The lowest BCUT2D eigenvalue weighted by Crippen LogP contribution is -2.32. The predicted molar refractivity (Wildman–Crippen MR) is 92.9 cm³/mol. The van der Waals surface area contributed by atoms with Crippen molar-refractivity contribution in [3.63, 3.8) is 0 Å². The molecule has 0 saturated carbocycles. The standard InChI is InChI=1S/C19H21NO2S/c1-13-6-3-4-7-16(13)17-8-5-9-20(17)19(22)11-15-10-18(14(2)21)23-12-15/h3-4,6-7,10,12,17H,5,8-9,11H2,1-2H3/t17-/m0/s1. The van der Waals surface area contributed by atoms with Crippen molar-refractivity contribution in [1.29, 1.82) is 0 Å². The number of carbonyl (C=O) groups excluding carboxylic acids is 2. The zero-order valence-corrected chi connectivity index (χ0v) is 14.4. The van der Waals surface area contributed by atoms with Gasteiger partial charge in [0.1, 0.15) is 0 Å². The smallest absolute Gasteiger partial charge is 0.227 e. The fraction of sp³-hybridized carbons (Fsp3) is 0.368. The Morgan fingerprint density at radius 1 is 1.30 bits per heavy atom. The Morgan fingerprint density at radius 2 is 2.09 bits per heavy atom. The van der Waals surface area contributed by atoms with Gasteiger partial charge in [-0.3, -0.25) is 9.59 Å². The lowest BCUT2D eigenvalue weighted by molar-refractivity contribution is -0.131. The maximum Gasteiger partial charge on any atom is 0.227 e. The molecule has 0 bridgehead atoms. The van der Waals surface area contributed by atoms with Crippen molar-refractivity contribution in [2.75, 3.05) is 6.54 Å². The summed E-state index contributed by atoms with van der Waals surface area (Å²) in [5.41, 5.74) is 3.44. The van der Waals surface area contributed by atoms with Gasteiger partial charge in [0.05, 0.1) is 17.3 Å². The third-order valence-corrected chi connectivity index (χ3v) is 5.56. The highest BCUT2D eigenvalue weighted by molar-refractivity contribution is 7.12. The van der Waals surface area contributed by atoms with E-state index in [0.717, 1.165) is 29.8 Å². The monoisotopic (exact) mass is 327 g/mol. The van der Waals surface area contributed by atoms with E-state index in [4.69, 9.17) is 0 Å². The Bertz CT molecular complexity index is 734. The predicted octanol–water partition coefficient (Wildman–Crippen LogP) is 4.17. The highest BCUT2D eigenvalue weighted by Gasteiger charge is 2.30. The summed E-state index contributed by atoms with van der Waals surface area (Å²) in [7, 11) is 0. The van der Waals surface area contributed by atoms with E-state index >= 15 is 0 Å². The molecule has 1 aromatic carbocycles. The molecule has 2 heterocycles. The van der Waals surface area contributed by atoms with Crippen molar-refractivity contribution in [1.82, 2.24) is 4.90 Å². The minimum atomic E-state index is 0.0626. The summed E-state index contributed by atoms with van der Waals surface area (Å²) in [6.07, 6.45) is 2.46. The molecule has 4 heteroatoms. The summed E-state index contributed by atoms with van der Waals surface area (Å²) in [5, 5.41) is 1.92. The van der Waals surface area contributed by atoms with Gasteiger partial charge in [-0.1, -0.05) is 24.3 Å². The molecular formula is C19H21NO2S. The second kappa shape index (κ2) is 6.67. The number of amides is 1. The minimum absolute atomic E-state index is 0.0626. The van der Waals surface area contributed by atoms with Gasteiger partial charge in [0.2, 0.25) is 5.91 Å². The highest BCUT2D eigenvalue weighted by atomic mass is 32.1. The molecule has 1 aromatic heterocycles. The summed E-state index contributed by atoms with van der Waals surface area (Å²) in [6.45, 7) is 4.49. The van der Waals surface area contributed by atoms with Crippen molar-refractivity contribution >= 4 is 23.0 Å². The first-order valence-electron chi connectivity index (χ1n) is 7.99. The van der Waals surface area contributed by atoms with E-state index in [0.29, 0.717) is 6.42 Å². The number of Topliss-reactive ketones (excluding diaryl/α,β-unsaturated/α-hetero) is 1. The first-order chi connectivity index (χ1) is 11.1. The summed E-state index contributed by atoms with van der Waals surface area (Å²) in [5.74, 6) is 0.219. The first-order valence-corrected chi connectivity index (χ1v) is 8.87. The van der Waals surface area contributed by atoms with Gasteiger partial charge >= 0.3 is 0 Å². The molecule has 1 aliphatic rings. The van der Waals surface area contributed by atoms with Crippen molar-refractivity contribution < 1.29 is 9.59 Å². The molecule has 0 aliphatic carbocycles. The van der Waals surface area contributed by atoms with E-state index < -0.39 is 0 Å². The summed E-state index contributed by atoms with van der Waals surface area (Å²) in [4.78, 5) is 26.9. The number of hydrogen-bond donors (Lipinski definition) is 0. The van der Waals surface area contributed by atoms with Crippen LogP contribution in [0, 0.1) is 6.92 Å². The summed E-state index contributed by atoms with van der Waals surface area (Å²) >= 11 is 1.42. The lowest BCUT2D eigenvalue weighted by Gasteiger charge is -2.26. The average Bonchev–Trinajstić information content (AvgIpc) is 3.16. The third-order valence-electron chi connectivity index (χ3n) is 4.48. The molecule has 1 fully saturated rings. The van der Waals surface area contributed by atoms with Crippen LogP contribution in [0.2, 0.25) is 0 Å². The summed E-state index contributed by atoms with van der Waals surface area (Å²) in [6, 6.07) is 10.4. The van der Waals surface area contributed by atoms with Crippen LogP contribution in [0.25, 0.3) is 0 Å². The van der Waals surface area contributed by atoms with E-state index in [1.165, 1.54) is 22.5 Å². The molecule has 0 unspecified atom stereocenters. The minimum Gasteiger partial charge on any atom is -0.335 e. The van der Waals surface area contributed by atoms with Crippen LogP contribution in [0.4, 0.5) is 0 Å². The second-order valence-corrected chi connectivity index (χ2v) is 7.07. The molecule has 0 spiro atoms. The van der Waals surface area contributed by atoms with Crippen molar-refractivity contribution in [2.24, 2.45) is 0 Å². The highest BCUT2D eigenvalue weighted by Crippen LogP contribution is 2.34. The number of hydrogen-bond acceptors (Lipinski definition) is 3. The zero-order valence-electron chi connectivity index (χ0n) is 13.5. The molecule has 120 valence electrons. The second-order valence-electron chi connectivity index (χ2n) is 6.15. The van der Waals surface area contributed by atoms with Gasteiger partial charge in [0.15, 0.2) is 5.78 Å². The molecule has 2 aromatic rings. The van der Waals surface area contributed by atoms with Crippen LogP contribution in [0.1, 0.15) is 52.2 Å². The first kappa shape index (κ1) is 15.9. The zero-order chi connectivity index (χ0) is 16.4. The van der Waals surface area contributed by atoms with E-state index in [1.807, 2.05) is 28.5 Å². The number of thiophene rings is 1. The Hall–Kier alpha value is -1.94. The third kappa shape index (κ3) is 3.37.